The van der Waals surface area contributed by atoms with Crippen LogP contribution in [-0.2, 0) is 6.61 Å². The number of pyridine rings is 1. The van der Waals surface area contributed by atoms with E-state index in [-0.39, 0.29) is 24.0 Å². The zero-order valence-corrected chi connectivity index (χ0v) is 12.4. The van der Waals surface area contributed by atoms with Crippen molar-refractivity contribution in [1.82, 2.24) is 15.0 Å². The van der Waals surface area contributed by atoms with Crippen molar-refractivity contribution in [2.24, 2.45) is 0 Å². The van der Waals surface area contributed by atoms with Crippen molar-refractivity contribution < 1.29 is 9.15 Å². The molecule has 23 heavy (non-hydrogen) atoms. The first-order valence-corrected chi connectivity index (χ1v) is 6.84. The number of furan rings is 1. The Morgan fingerprint density at radius 3 is 2.83 bits per heavy atom. The highest BCUT2D eigenvalue weighted by Crippen LogP contribution is 2.31. The summed E-state index contributed by atoms with van der Waals surface area (Å²) in [6, 6.07) is 9.31. The molecule has 0 bridgehead atoms. The van der Waals surface area contributed by atoms with E-state index in [1.54, 1.807) is 12.3 Å². The number of rotatable bonds is 4. The Morgan fingerprint density at radius 1 is 1.30 bits per heavy atom. The van der Waals surface area contributed by atoms with Crippen molar-refractivity contribution in [3.8, 4) is 23.4 Å². The lowest BCUT2D eigenvalue weighted by Crippen LogP contribution is -2.06. The summed E-state index contributed by atoms with van der Waals surface area (Å²) in [5.41, 5.74) is 7.79. The Hall–Kier alpha value is -3.40. The number of nitrogens with two attached hydrogens (primary N) is 1. The smallest absolute Gasteiger partial charge is 0.237 e. The van der Waals surface area contributed by atoms with E-state index < -0.39 is 0 Å². The van der Waals surface area contributed by atoms with Crippen LogP contribution in [0, 0.1) is 18.3 Å². The van der Waals surface area contributed by atoms with Crippen LogP contribution in [0.5, 0.6) is 5.88 Å². The third-order valence-corrected chi connectivity index (χ3v) is 3.17. The summed E-state index contributed by atoms with van der Waals surface area (Å²) >= 11 is 0. The second-order valence-corrected chi connectivity index (χ2v) is 4.76. The molecule has 3 aromatic rings. The lowest BCUT2D eigenvalue weighted by Gasteiger charge is -2.09. The fraction of sp³-hybridized carbons (Fsp3) is 0.125. The van der Waals surface area contributed by atoms with Gasteiger partial charge in [0.25, 0.3) is 0 Å². The van der Waals surface area contributed by atoms with E-state index in [0.717, 1.165) is 5.56 Å². The van der Waals surface area contributed by atoms with Gasteiger partial charge in [-0.1, -0.05) is 6.07 Å². The maximum atomic E-state index is 9.47. The van der Waals surface area contributed by atoms with E-state index >= 15 is 0 Å². The maximum Gasteiger partial charge on any atom is 0.237 e. The number of nitrogen functional groups attached to an aromatic ring is 1. The first-order valence-electron chi connectivity index (χ1n) is 6.84. The Morgan fingerprint density at radius 2 is 2.17 bits per heavy atom. The molecule has 0 fully saturated rings. The van der Waals surface area contributed by atoms with Crippen LogP contribution < -0.4 is 10.5 Å². The van der Waals surface area contributed by atoms with Gasteiger partial charge in [0.2, 0.25) is 11.8 Å². The monoisotopic (exact) mass is 307 g/mol. The standard InChI is InChI=1S/C16H13N5O2/c1-10-5-7-22-14(10)13-12(8-17)15(21-16(18)20-13)23-9-11-4-2-3-6-19-11/h2-7H,9H2,1H3,(H2,18,20,21). The van der Waals surface area contributed by atoms with Gasteiger partial charge in [0.05, 0.1) is 12.0 Å². The molecule has 3 rings (SSSR count). The number of anilines is 1. The molecule has 0 atom stereocenters. The summed E-state index contributed by atoms with van der Waals surface area (Å²) in [5, 5.41) is 9.47. The predicted octanol–water partition coefficient (Wildman–Crippen LogP) is 2.47. The predicted molar refractivity (Wildman–Crippen MR) is 82.2 cm³/mol. The van der Waals surface area contributed by atoms with Gasteiger partial charge in [-0.25, -0.2) is 4.98 Å². The summed E-state index contributed by atoms with van der Waals surface area (Å²) in [6.45, 7) is 2.02. The Kier molecular flexibility index (Phi) is 3.89. The molecule has 0 saturated heterocycles. The van der Waals surface area contributed by atoms with E-state index in [1.165, 1.54) is 6.26 Å². The average Bonchev–Trinajstić information content (AvgIpc) is 2.99. The minimum atomic E-state index is 0.00539. The maximum absolute atomic E-state index is 9.47. The number of hydrogen-bond donors (Lipinski definition) is 1. The van der Waals surface area contributed by atoms with Gasteiger partial charge >= 0.3 is 0 Å². The van der Waals surface area contributed by atoms with E-state index in [4.69, 9.17) is 14.9 Å². The van der Waals surface area contributed by atoms with E-state index in [2.05, 4.69) is 21.0 Å². The third-order valence-electron chi connectivity index (χ3n) is 3.17. The lowest BCUT2D eigenvalue weighted by molar-refractivity contribution is 0.288. The first kappa shape index (κ1) is 14.5. The molecule has 114 valence electrons. The number of nitrogens with zero attached hydrogens (tertiary/aromatic N) is 4. The molecule has 0 aliphatic heterocycles. The molecule has 7 heteroatoms. The number of nitriles is 1. The van der Waals surface area contributed by atoms with Crippen LogP contribution in [0.1, 0.15) is 16.8 Å². The van der Waals surface area contributed by atoms with E-state index in [1.807, 2.05) is 25.1 Å². The molecular weight excluding hydrogens is 294 g/mol. The molecular formula is C16H13N5O2. The van der Waals surface area contributed by atoms with Crippen molar-refractivity contribution in [2.75, 3.05) is 5.73 Å². The van der Waals surface area contributed by atoms with Gasteiger partial charge in [0.15, 0.2) is 5.76 Å². The average molecular weight is 307 g/mol. The summed E-state index contributed by atoms with van der Waals surface area (Å²) in [5.74, 6) is 0.584. The number of aromatic nitrogens is 3. The SMILES string of the molecule is Cc1ccoc1-c1nc(N)nc(OCc2ccccn2)c1C#N. The summed E-state index contributed by atoms with van der Waals surface area (Å²) in [6.07, 6.45) is 3.19. The van der Waals surface area contributed by atoms with Crippen molar-refractivity contribution in [1.29, 1.82) is 5.26 Å². The first-order chi connectivity index (χ1) is 11.2. The molecule has 0 aliphatic rings. The van der Waals surface area contributed by atoms with Crippen LogP contribution >= 0.6 is 0 Å². The fourth-order valence-electron chi connectivity index (χ4n) is 2.07. The minimum Gasteiger partial charge on any atom is -0.470 e. The molecule has 0 aromatic carbocycles. The van der Waals surface area contributed by atoms with Gasteiger partial charge in [-0.05, 0) is 30.7 Å². The summed E-state index contributed by atoms with van der Waals surface area (Å²) in [7, 11) is 0. The Bertz CT molecular complexity index is 868. The largest absolute Gasteiger partial charge is 0.470 e. The fourth-order valence-corrected chi connectivity index (χ4v) is 2.07. The van der Waals surface area contributed by atoms with Gasteiger partial charge in [-0.15, -0.1) is 0 Å². The highest BCUT2D eigenvalue weighted by atomic mass is 16.5. The van der Waals surface area contributed by atoms with Gasteiger partial charge < -0.3 is 14.9 Å². The molecule has 0 aliphatic carbocycles. The van der Waals surface area contributed by atoms with Crippen molar-refractivity contribution in [3.05, 3.63) is 53.5 Å². The van der Waals surface area contributed by atoms with Crippen LogP contribution in [0.4, 0.5) is 5.95 Å². The summed E-state index contributed by atoms with van der Waals surface area (Å²) < 4.78 is 11.0. The zero-order valence-electron chi connectivity index (χ0n) is 12.4. The van der Waals surface area contributed by atoms with Crippen LogP contribution in [0.2, 0.25) is 0 Å². The van der Waals surface area contributed by atoms with Crippen LogP contribution in [-0.4, -0.2) is 15.0 Å². The van der Waals surface area contributed by atoms with Gasteiger partial charge in [-0.3, -0.25) is 4.98 Å². The number of aryl methyl sites for hydroxylation is 1. The van der Waals surface area contributed by atoms with E-state index in [9.17, 15) is 5.26 Å². The van der Waals surface area contributed by atoms with Gasteiger partial charge in [0, 0.05) is 6.20 Å². The minimum absolute atomic E-state index is 0.00539. The molecule has 0 amide bonds. The molecule has 3 aromatic heterocycles. The molecule has 7 nitrogen and oxygen atoms in total. The highest BCUT2D eigenvalue weighted by molar-refractivity contribution is 5.68. The lowest BCUT2D eigenvalue weighted by atomic mass is 10.1. The Labute approximate surface area is 132 Å². The van der Waals surface area contributed by atoms with Crippen molar-refractivity contribution >= 4 is 5.95 Å². The van der Waals surface area contributed by atoms with Crippen LogP contribution in [0.25, 0.3) is 11.5 Å². The molecule has 0 unspecified atom stereocenters. The van der Waals surface area contributed by atoms with Gasteiger partial charge in [0.1, 0.15) is 23.9 Å². The van der Waals surface area contributed by atoms with Crippen LogP contribution in [0.15, 0.2) is 41.1 Å². The number of ether oxygens (including phenoxy) is 1. The molecule has 0 spiro atoms. The van der Waals surface area contributed by atoms with E-state index in [0.29, 0.717) is 17.1 Å². The topological polar surface area (TPSA) is 111 Å². The third kappa shape index (κ3) is 2.96. The Balaban J connectivity index is 1.99. The normalized spacial score (nSPS) is 10.3. The quantitative estimate of drug-likeness (QED) is 0.788. The number of hydrogen-bond acceptors (Lipinski definition) is 7. The highest BCUT2D eigenvalue weighted by Gasteiger charge is 2.20. The summed E-state index contributed by atoms with van der Waals surface area (Å²) in [4.78, 5) is 12.3. The second kappa shape index (κ2) is 6.15. The molecule has 3 heterocycles. The molecule has 0 saturated carbocycles. The second-order valence-electron chi connectivity index (χ2n) is 4.76. The van der Waals surface area contributed by atoms with Crippen molar-refractivity contribution in [3.63, 3.8) is 0 Å². The van der Waals surface area contributed by atoms with Crippen LogP contribution in [0.3, 0.4) is 0 Å². The molecule has 2 N–H and O–H groups in total. The zero-order chi connectivity index (χ0) is 16.2. The van der Waals surface area contributed by atoms with Crippen molar-refractivity contribution in [2.45, 2.75) is 13.5 Å². The van der Waals surface area contributed by atoms with Gasteiger partial charge in [-0.2, -0.15) is 10.2 Å². The molecule has 0 radical (unpaired) electrons.